The second-order valence-corrected chi connectivity index (χ2v) is 8.24. The summed E-state index contributed by atoms with van der Waals surface area (Å²) < 4.78 is 6.85. The first kappa shape index (κ1) is 21.9. The average Bonchev–Trinajstić information content (AvgIpc) is 3.09. The molecule has 3 heterocycles. The number of nitriles is 1. The predicted molar refractivity (Wildman–Crippen MR) is 123 cm³/mol. The minimum absolute atomic E-state index is 0.0117. The molecule has 32 heavy (non-hydrogen) atoms. The molecular formula is C23H24ClN5O3. The van der Waals surface area contributed by atoms with Crippen molar-refractivity contribution in [1.29, 1.82) is 5.26 Å². The van der Waals surface area contributed by atoms with Crippen molar-refractivity contribution in [2.75, 3.05) is 24.6 Å². The van der Waals surface area contributed by atoms with Crippen LogP contribution < -0.4 is 16.2 Å². The van der Waals surface area contributed by atoms with Crippen LogP contribution in [-0.2, 0) is 11.3 Å². The molecule has 0 unspecified atom stereocenters. The number of piperidine rings is 1. The highest BCUT2D eigenvalue weighted by molar-refractivity contribution is 6.31. The number of benzene rings is 1. The van der Waals surface area contributed by atoms with Gasteiger partial charge in [0.05, 0.1) is 13.2 Å². The number of aromatic amines is 1. The highest BCUT2D eigenvalue weighted by Crippen LogP contribution is 2.34. The van der Waals surface area contributed by atoms with E-state index in [2.05, 4.69) is 11.1 Å². The fourth-order valence-corrected chi connectivity index (χ4v) is 4.48. The van der Waals surface area contributed by atoms with Crippen molar-refractivity contribution in [3.63, 3.8) is 0 Å². The Bertz CT molecular complexity index is 1270. The largest absolute Gasteiger partial charge is 0.461 e. The Balaban J connectivity index is 1.98. The number of hydrogen-bond donors (Lipinski definition) is 2. The summed E-state index contributed by atoms with van der Waals surface area (Å²) in [5.41, 5.74) is 7.21. The maximum atomic E-state index is 13.2. The van der Waals surface area contributed by atoms with Crippen LogP contribution in [0.2, 0.25) is 5.02 Å². The van der Waals surface area contributed by atoms with Gasteiger partial charge in [0.25, 0.3) is 5.56 Å². The van der Waals surface area contributed by atoms with Gasteiger partial charge in [0.2, 0.25) is 0 Å². The van der Waals surface area contributed by atoms with Gasteiger partial charge in [-0.1, -0.05) is 29.8 Å². The third-order valence-corrected chi connectivity index (χ3v) is 6.05. The highest BCUT2D eigenvalue weighted by Gasteiger charge is 2.28. The van der Waals surface area contributed by atoms with Crippen molar-refractivity contribution in [2.24, 2.45) is 5.73 Å². The van der Waals surface area contributed by atoms with Gasteiger partial charge in [0.1, 0.15) is 28.7 Å². The Morgan fingerprint density at radius 1 is 1.41 bits per heavy atom. The minimum atomic E-state index is -0.643. The normalized spacial score (nSPS) is 16.2. The molecule has 0 aliphatic carbocycles. The molecule has 1 atom stereocenters. The molecule has 166 valence electrons. The lowest BCUT2D eigenvalue weighted by molar-refractivity contribution is 0.0519. The van der Waals surface area contributed by atoms with Crippen molar-refractivity contribution < 1.29 is 9.53 Å². The second kappa shape index (κ2) is 9.07. The number of carbonyl (C=O) groups excluding carboxylic acids is 1. The first-order valence-corrected chi connectivity index (χ1v) is 10.9. The van der Waals surface area contributed by atoms with Gasteiger partial charge in [-0.2, -0.15) is 5.26 Å². The fraction of sp³-hybridized carbons (Fsp3) is 0.348. The summed E-state index contributed by atoms with van der Waals surface area (Å²) in [5, 5.41) is 11.1. The number of nitrogens with zero attached hydrogens (tertiary/aromatic N) is 3. The van der Waals surface area contributed by atoms with Crippen LogP contribution in [0.4, 0.5) is 5.82 Å². The summed E-state index contributed by atoms with van der Waals surface area (Å²) in [6.07, 6.45) is 1.78. The topological polar surface area (TPSA) is 117 Å². The number of halogens is 1. The van der Waals surface area contributed by atoms with E-state index in [0.29, 0.717) is 46.9 Å². The van der Waals surface area contributed by atoms with E-state index in [4.69, 9.17) is 22.1 Å². The number of fused-ring (bicyclic) bond motifs is 1. The molecule has 1 aromatic carbocycles. The van der Waals surface area contributed by atoms with Gasteiger partial charge in [-0.25, -0.2) is 4.79 Å². The van der Waals surface area contributed by atoms with Crippen LogP contribution in [0.3, 0.4) is 0 Å². The number of H-pyrrole nitrogens is 1. The number of carbonyl (C=O) groups is 1. The lowest BCUT2D eigenvalue weighted by Gasteiger charge is -2.33. The molecule has 0 radical (unpaired) electrons. The maximum Gasteiger partial charge on any atom is 0.354 e. The summed E-state index contributed by atoms with van der Waals surface area (Å²) in [5.74, 6) is -0.0279. The van der Waals surface area contributed by atoms with Gasteiger partial charge in [0.15, 0.2) is 0 Å². The molecule has 1 saturated heterocycles. The molecule has 0 saturated carbocycles. The van der Waals surface area contributed by atoms with Crippen LogP contribution in [0.15, 0.2) is 35.1 Å². The van der Waals surface area contributed by atoms with Gasteiger partial charge in [-0.05, 0) is 37.5 Å². The van der Waals surface area contributed by atoms with E-state index < -0.39 is 11.5 Å². The van der Waals surface area contributed by atoms with Crippen molar-refractivity contribution >= 4 is 34.3 Å². The molecule has 2 aromatic heterocycles. The van der Waals surface area contributed by atoms with Crippen LogP contribution in [0.25, 0.3) is 10.9 Å². The Labute approximate surface area is 190 Å². The van der Waals surface area contributed by atoms with Gasteiger partial charge >= 0.3 is 5.97 Å². The van der Waals surface area contributed by atoms with E-state index in [1.807, 2.05) is 23.1 Å². The number of esters is 1. The number of hydrogen-bond acceptors (Lipinski definition) is 6. The van der Waals surface area contributed by atoms with Crippen molar-refractivity contribution in [2.45, 2.75) is 32.4 Å². The summed E-state index contributed by atoms with van der Waals surface area (Å²) in [6, 6.07) is 11.1. The molecule has 0 bridgehead atoms. The number of ether oxygens (including phenoxy) is 1. The van der Waals surface area contributed by atoms with E-state index in [0.717, 1.165) is 18.4 Å². The number of nitrogens with one attached hydrogen (secondary N) is 1. The van der Waals surface area contributed by atoms with Crippen LogP contribution in [-0.4, -0.2) is 41.3 Å². The van der Waals surface area contributed by atoms with Gasteiger partial charge in [-0.15, -0.1) is 0 Å². The quantitative estimate of drug-likeness (QED) is 0.573. The first-order chi connectivity index (χ1) is 15.4. The standard InChI is InChI=1S/C23H24ClN5O3/c1-2-32-23(31)19-10-16-17(11-25)22(28-9-5-7-15(26)13-28)29(20(16)21(30)27-19)12-14-6-3-4-8-18(14)24/h3-4,6,8,10,15H,2,5,7,9,12-13,26H2,1H3,(H,27,30)/t15-/m1/s1. The summed E-state index contributed by atoms with van der Waals surface area (Å²) in [6.45, 7) is 3.43. The number of rotatable bonds is 5. The zero-order chi connectivity index (χ0) is 22.8. The fourth-order valence-electron chi connectivity index (χ4n) is 4.28. The lowest BCUT2D eigenvalue weighted by Crippen LogP contribution is -2.44. The third kappa shape index (κ3) is 3.97. The summed E-state index contributed by atoms with van der Waals surface area (Å²) in [4.78, 5) is 30.1. The third-order valence-electron chi connectivity index (χ3n) is 5.68. The van der Waals surface area contributed by atoms with Crippen LogP contribution in [0.5, 0.6) is 0 Å². The SMILES string of the molecule is CCOC(=O)c1cc2c(C#N)c(N3CCC[C@@H](N)C3)n(Cc3ccccc3Cl)c2c(=O)[nH]1. The van der Waals surface area contributed by atoms with E-state index in [1.54, 1.807) is 17.6 Å². The summed E-state index contributed by atoms with van der Waals surface area (Å²) in [7, 11) is 0. The second-order valence-electron chi connectivity index (χ2n) is 7.83. The Hall–Kier alpha value is -3.28. The number of nitrogens with two attached hydrogens (primary N) is 1. The molecule has 9 heteroatoms. The van der Waals surface area contributed by atoms with Gasteiger partial charge < -0.3 is 24.9 Å². The lowest BCUT2D eigenvalue weighted by atomic mass is 10.1. The van der Waals surface area contributed by atoms with Crippen LogP contribution in [0.1, 0.15) is 41.4 Å². The van der Waals surface area contributed by atoms with E-state index in [1.165, 1.54) is 6.07 Å². The van der Waals surface area contributed by atoms with Crippen LogP contribution in [0, 0.1) is 11.3 Å². The van der Waals surface area contributed by atoms with E-state index >= 15 is 0 Å². The van der Waals surface area contributed by atoms with Crippen molar-refractivity contribution in [3.8, 4) is 6.07 Å². The molecule has 0 spiro atoms. The van der Waals surface area contributed by atoms with E-state index in [9.17, 15) is 14.9 Å². The number of aromatic nitrogens is 2. The van der Waals surface area contributed by atoms with Crippen molar-refractivity contribution in [1.82, 2.24) is 9.55 Å². The molecule has 0 amide bonds. The molecule has 1 aliphatic rings. The Morgan fingerprint density at radius 2 is 2.19 bits per heavy atom. The molecular weight excluding hydrogens is 430 g/mol. The maximum absolute atomic E-state index is 13.2. The average molecular weight is 454 g/mol. The Morgan fingerprint density at radius 3 is 2.88 bits per heavy atom. The first-order valence-electron chi connectivity index (χ1n) is 10.5. The molecule has 4 rings (SSSR count). The monoisotopic (exact) mass is 453 g/mol. The number of pyridine rings is 1. The molecule has 3 N–H and O–H groups in total. The zero-order valence-corrected chi connectivity index (χ0v) is 18.5. The molecule has 3 aromatic rings. The minimum Gasteiger partial charge on any atom is -0.461 e. The number of anilines is 1. The van der Waals surface area contributed by atoms with Gasteiger partial charge in [-0.3, -0.25) is 4.79 Å². The summed E-state index contributed by atoms with van der Waals surface area (Å²) >= 11 is 6.41. The van der Waals surface area contributed by atoms with Crippen molar-refractivity contribution in [3.05, 3.63) is 62.5 Å². The zero-order valence-electron chi connectivity index (χ0n) is 17.7. The van der Waals surface area contributed by atoms with Crippen LogP contribution >= 0.6 is 11.6 Å². The molecule has 8 nitrogen and oxygen atoms in total. The Kier molecular flexibility index (Phi) is 6.21. The highest BCUT2D eigenvalue weighted by atomic mass is 35.5. The van der Waals surface area contributed by atoms with E-state index in [-0.39, 0.29) is 18.3 Å². The smallest absolute Gasteiger partial charge is 0.354 e. The molecule has 1 fully saturated rings. The molecule has 1 aliphatic heterocycles. The van der Waals surface area contributed by atoms with Gasteiger partial charge in [0, 0.05) is 29.5 Å². The predicted octanol–water partition coefficient (Wildman–Crippen LogP) is 3.01.